The molecule has 0 aromatic carbocycles. The molecule has 0 spiro atoms. The first-order chi connectivity index (χ1) is 30.4. The van der Waals surface area contributed by atoms with Gasteiger partial charge < -0.3 is 39.9 Å². The standard InChI is InChI=1S/C49H83O13P/c1-3-5-7-9-11-13-15-17-19-21-23-25-27-29-31-33-35-37-42(50)59-39-41(40-60-63(57,58)62-49-47(55)45(53)44(52)46(54)48(49)56)61-43(51)38-36-34-32-30-28-26-24-22-20-18-16-14-12-10-8-6-4-2/h6,8,12-15,18,20,24,26,30,32,41,44-49,52-56H,3-5,7,9-11,16-17,19,21-23,25,27-29,31,33-40H2,1-2H3,(H,57,58)/b8-6+,14-12+,15-13+,20-18+,26-24+,32-30+/t41-,44?,45-,46?,47?,48?,49?/m0/s1. The number of unbranched alkanes of at least 4 members (excludes halogenated alkanes) is 14. The molecule has 0 saturated heterocycles. The zero-order valence-electron chi connectivity index (χ0n) is 38.3. The van der Waals surface area contributed by atoms with E-state index in [2.05, 4.69) is 74.6 Å². The van der Waals surface area contributed by atoms with Crippen LogP contribution < -0.4 is 0 Å². The Balaban J connectivity index is 2.49. The summed E-state index contributed by atoms with van der Waals surface area (Å²) in [6, 6.07) is 0. The quantitative estimate of drug-likeness (QED) is 0.0148. The molecule has 0 aromatic rings. The number of esters is 2. The van der Waals surface area contributed by atoms with Crippen LogP contribution in [0.2, 0.25) is 0 Å². The van der Waals surface area contributed by atoms with E-state index in [4.69, 9.17) is 18.5 Å². The summed E-state index contributed by atoms with van der Waals surface area (Å²) >= 11 is 0. The Morgan fingerprint density at radius 3 is 1.44 bits per heavy atom. The van der Waals surface area contributed by atoms with Gasteiger partial charge in [0.15, 0.2) is 6.10 Å². The molecule has 6 unspecified atom stereocenters. The third-order valence-corrected chi connectivity index (χ3v) is 11.5. The van der Waals surface area contributed by atoms with Gasteiger partial charge in [-0.25, -0.2) is 4.57 Å². The second-order valence-electron chi connectivity index (χ2n) is 16.2. The van der Waals surface area contributed by atoms with Crippen molar-refractivity contribution in [2.45, 2.75) is 211 Å². The predicted octanol–water partition coefficient (Wildman–Crippen LogP) is 9.50. The average molecular weight is 911 g/mol. The third-order valence-electron chi connectivity index (χ3n) is 10.5. The van der Waals surface area contributed by atoms with Crippen LogP contribution in [-0.2, 0) is 32.7 Å². The van der Waals surface area contributed by atoms with Gasteiger partial charge in [0, 0.05) is 12.8 Å². The second-order valence-corrected chi connectivity index (χ2v) is 17.6. The van der Waals surface area contributed by atoms with Crippen molar-refractivity contribution in [1.82, 2.24) is 0 Å². The SMILES string of the molecule is CC/C=C/C/C=C/C/C=C/C/C=C/C/C=C/CCCC(=O)O[C@@H](COC(=O)CCCCCCCCCCC/C=C/CCCCCC)COP(=O)(O)OC1C(O)C(O)C(O)[C@H](O)C1O. The summed E-state index contributed by atoms with van der Waals surface area (Å²) in [6.45, 7) is 3.12. The molecule has 0 heterocycles. The summed E-state index contributed by atoms with van der Waals surface area (Å²) in [5, 5.41) is 50.2. The minimum Gasteiger partial charge on any atom is -0.462 e. The minimum absolute atomic E-state index is 0.0151. The number of aliphatic hydroxyl groups is 5. The largest absolute Gasteiger partial charge is 0.472 e. The van der Waals surface area contributed by atoms with Crippen molar-refractivity contribution >= 4 is 19.8 Å². The highest BCUT2D eigenvalue weighted by atomic mass is 31.2. The fourth-order valence-electron chi connectivity index (χ4n) is 6.73. The number of carbonyl (C=O) groups is 2. The first kappa shape index (κ1) is 58.3. The molecule has 0 aromatic heterocycles. The van der Waals surface area contributed by atoms with Crippen LogP contribution in [0.3, 0.4) is 0 Å². The van der Waals surface area contributed by atoms with Crippen molar-refractivity contribution in [2.75, 3.05) is 13.2 Å². The molecule has 63 heavy (non-hydrogen) atoms. The molecule has 1 aliphatic carbocycles. The van der Waals surface area contributed by atoms with Crippen molar-refractivity contribution < 1.29 is 63.1 Å². The van der Waals surface area contributed by atoms with Crippen LogP contribution in [0.1, 0.15) is 168 Å². The van der Waals surface area contributed by atoms with Crippen LogP contribution in [0.5, 0.6) is 0 Å². The average Bonchev–Trinajstić information content (AvgIpc) is 3.26. The molecule has 1 fully saturated rings. The summed E-state index contributed by atoms with van der Waals surface area (Å²) in [5.74, 6) is -1.17. The Hall–Kier alpha value is -2.71. The van der Waals surface area contributed by atoms with Crippen LogP contribution in [-0.4, -0.2) is 98.3 Å². The van der Waals surface area contributed by atoms with Gasteiger partial charge in [-0.3, -0.25) is 18.6 Å². The number of phosphoric ester groups is 1. The van der Waals surface area contributed by atoms with Crippen molar-refractivity contribution in [1.29, 1.82) is 0 Å². The molecule has 14 heteroatoms. The number of carbonyl (C=O) groups excluding carboxylic acids is 2. The number of rotatable bonds is 38. The highest BCUT2D eigenvalue weighted by Gasteiger charge is 2.51. The molecule has 6 N–H and O–H groups in total. The lowest BCUT2D eigenvalue weighted by Gasteiger charge is -2.41. The molecule has 1 rings (SSSR count). The van der Waals surface area contributed by atoms with E-state index < -0.39 is 75.7 Å². The molecule has 1 aliphatic rings. The van der Waals surface area contributed by atoms with Gasteiger partial charge in [-0.15, -0.1) is 0 Å². The number of allylic oxidation sites excluding steroid dienone is 12. The first-order valence-corrected chi connectivity index (χ1v) is 25.2. The predicted molar refractivity (Wildman–Crippen MR) is 249 cm³/mol. The molecule has 362 valence electrons. The Morgan fingerprint density at radius 2 is 0.921 bits per heavy atom. The summed E-state index contributed by atoms with van der Waals surface area (Å²) in [6.07, 6.45) is 35.3. The molecular weight excluding hydrogens is 828 g/mol. The van der Waals surface area contributed by atoms with Crippen LogP contribution in [0.15, 0.2) is 72.9 Å². The zero-order chi connectivity index (χ0) is 46.4. The zero-order valence-corrected chi connectivity index (χ0v) is 39.2. The van der Waals surface area contributed by atoms with E-state index in [0.717, 1.165) is 64.2 Å². The smallest absolute Gasteiger partial charge is 0.462 e. The van der Waals surface area contributed by atoms with Gasteiger partial charge in [-0.2, -0.15) is 0 Å². The minimum atomic E-state index is -5.14. The van der Waals surface area contributed by atoms with Gasteiger partial charge in [0.05, 0.1) is 6.61 Å². The van der Waals surface area contributed by atoms with Crippen LogP contribution >= 0.6 is 7.82 Å². The van der Waals surface area contributed by atoms with Crippen molar-refractivity contribution in [2.24, 2.45) is 0 Å². The lowest BCUT2D eigenvalue weighted by Crippen LogP contribution is -2.64. The number of aliphatic hydroxyl groups excluding tert-OH is 5. The molecule has 0 bridgehead atoms. The Bertz CT molecular complexity index is 1380. The van der Waals surface area contributed by atoms with Gasteiger partial charge in [-0.1, -0.05) is 151 Å². The van der Waals surface area contributed by atoms with Crippen molar-refractivity contribution in [3.63, 3.8) is 0 Å². The van der Waals surface area contributed by atoms with E-state index in [1.807, 2.05) is 12.2 Å². The molecule has 8 atom stereocenters. The number of phosphoric acid groups is 1. The fourth-order valence-corrected chi connectivity index (χ4v) is 7.70. The van der Waals surface area contributed by atoms with E-state index in [1.165, 1.54) is 57.8 Å². The lowest BCUT2D eigenvalue weighted by atomic mass is 9.85. The molecular formula is C49H83O13P. The van der Waals surface area contributed by atoms with Gasteiger partial charge in [0.1, 0.15) is 43.2 Å². The topological polar surface area (TPSA) is 210 Å². The van der Waals surface area contributed by atoms with E-state index >= 15 is 0 Å². The van der Waals surface area contributed by atoms with E-state index in [9.17, 15) is 44.6 Å². The molecule has 0 radical (unpaired) electrons. The fraction of sp³-hybridized carbons (Fsp3) is 0.714. The van der Waals surface area contributed by atoms with E-state index in [0.29, 0.717) is 19.3 Å². The number of hydrogen-bond acceptors (Lipinski definition) is 12. The molecule has 1 saturated carbocycles. The summed E-state index contributed by atoms with van der Waals surface area (Å²) in [7, 11) is -5.14. The van der Waals surface area contributed by atoms with Crippen molar-refractivity contribution in [3.8, 4) is 0 Å². The summed E-state index contributed by atoms with van der Waals surface area (Å²) in [4.78, 5) is 35.7. The highest BCUT2D eigenvalue weighted by molar-refractivity contribution is 7.47. The van der Waals surface area contributed by atoms with E-state index in [1.54, 1.807) is 0 Å². The van der Waals surface area contributed by atoms with Gasteiger partial charge in [-0.05, 0) is 77.0 Å². The Morgan fingerprint density at radius 1 is 0.508 bits per heavy atom. The summed E-state index contributed by atoms with van der Waals surface area (Å²) in [5.41, 5.74) is 0. The number of hydrogen-bond donors (Lipinski definition) is 6. The lowest BCUT2D eigenvalue weighted by molar-refractivity contribution is -0.220. The summed E-state index contributed by atoms with van der Waals surface area (Å²) < 4.78 is 33.5. The van der Waals surface area contributed by atoms with Crippen LogP contribution in [0.4, 0.5) is 0 Å². The number of ether oxygens (including phenoxy) is 2. The van der Waals surface area contributed by atoms with Gasteiger partial charge >= 0.3 is 19.8 Å². The monoisotopic (exact) mass is 911 g/mol. The van der Waals surface area contributed by atoms with Gasteiger partial charge in [0.2, 0.25) is 0 Å². The normalized spacial score (nSPS) is 22.3. The maximum Gasteiger partial charge on any atom is 0.472 e. The Labute approximate surface area is 378 Å². The second kappa shape index (κ2) is 38.5. The Kier molecular flexibility index (Phi) is 35.7. The van der Waals surface area contributed by atoms with Crippen LogP contribution in [0.25, 0.3) is 0 Å². The molecule has 0 amide bonds. The van der Waals surface area contributed by atoms with Gasteiger partial charge in [0.25, 0.3) is 0 Å². The van der Waals surface area contributed by atoms with Crippen LogP contribution in [0, 0.1) is 0 Å². The molecule has 0 aliphatic heterocycles. The third kappa shape index (κ3) is 31.0. The van der Waals surface area contributed by atoms with Crippen molar-refractivity contribution in [3.05, 3.63) is 72.9 Å². The maximum absolute atomic E-state index is 12.8. The highest BCUT2D eigenvalue weighted by Crippen LogP contribution is 2.47. The molecule has 13 nitrogen and oxygen atoms in total. The van der Waals surface area contributed by atoms with E-state index in [-0.39, 0.29) is 12.8 Å². The first-order valence-electron chi connectivity index (χ1n) is 23.7. The maximum atomic E-state index is 12.8.